The Bertz CT molecular complexity index is 651. The monoisotopic (exact) mass is 440 g/mol. The molecule has 1 aromatic rings. The van der Waals surface area contributed by atoms with Crippen LogP contribution in [0.4, 0.5) is 10.5 Å². The van der Waals surface area contributed by atoms with Crippen LogP contribution in [-0.2, 0) is 11.2 Å². The van der Waals surface area contributed by atoms with Crippen molar-refractivity contribution in [2.45, 2.75) is 39.7 Å². The van der Waals surface area contributed by atoms with Crippen LogP contribution < -0.4 is 4.90 Å². The lowest BCUT2D eigenvalue weighted by Crippen LogP contribution is -2.50. The van der Waals surface area contributed by atoms with E-state index in [4.69, 9.17) is 11.2 Å². The Balaban J connectivity index is 2.08. The molecule has 0 radical (unpaired) electrons. The molecule has 0 atom stereocenters. The topological polar surface area (TPSA) is 32.8 Å². The third-order valence-electron chi connectivity index (χ3n) is 4.02. The van der Waals surface area contributed by atoms with Crippen LogP contribution in [0, 0.1) is 22.8 Å². The van der Waals surface area contributed by atoms with E-state index >= 15 is 0 Å². The van der Waals surface area contributed by atoms with Gasteiger partial charge in [-0.05, 0) is 73.5 Å². The van der Waals surface area contributed by atoms with Crippen LogP contribution in [0.15, 0.2) is 12.1 Å². The molecule has 1 aliphatic heterocycles. The van der Waals surface area contributed by atoms with Crippen LogP contribution in [0.1, 0.15) is 31.9 Å². The predicted molar refractivity (Wildman–Crippen MR) is 106 cm³/mol. The summed E-state index contributed by atoms with van der Waals surface area (Å²) in [4.78, 5) is 16.3. The van der Waals surface area contributed by atoms with Crippen molar-refractivity contribution in [2.75, 3.05) is 31.1 Å². The fraction of sp³-hybridized carbons (Fsp3) is 0.526. The molecular formula is C19H25IN2O2. The van der Waals surface area contributed by atoms with Crippen molar-refractivity contribution in [3.63, 3.8) is 0 Å². The molecule has 2 rings (SSSR count). The molecule has 1 fully saturated rings. The van der Waals surface area contributed by atoms with Crippen molar-refractivity contribution in [3.8, 4) is 12.3 Å². The van der Waals surface area contributed by atoms with Gasteiger partial charge in [-0.3, -0.25) is 0 Å². The summed E-state index contributed by atoms with van der Waals surface area (Å²) in [5.41, 5.74) is 3.20. The number of carbonyl (C=O) groups excluding carboxylic acids is 1. The number of rotatable bonds is 2. The summed E-state index contributed by atoms with van der Waals surface area (Å²) in [7, 11) is 0. The van der Waals surface area contributed by atoms with Gasteiger partial charge in [-0.25, -0.2) is 4.79 Å². The van der Waals surface area contributed by atoms with Crippen LogP contribution in [0.5, 0.6) is 0 Å². The lowest BCUT2D eigenvalue weighted by Gasteiger charge is -2.37. The maximum Gasteiger partial charge on any atom is 0.410 e. The number of piperazine rings is 1. The van der Waals surface area contributed by atoms with Crippen molar-refractivity contribution < 1.29 is 9.53 Å². The van der Waals surface area contributed by atoms with E-state index in [0.717, 1.165) is 13.1 Å². The molecule has 0 saturated carbocycles. The first-order valence-electron chi connectivity index (χ1n) is 8.16. The third kappa shape index (κ3) is 4.79. The highest BCUT2D eigenvalue weighted by Gasteiger charge is 2.26. The first kappa shape index (κ1) is 18.9. The smallest absolute Gasteiger partial charge is 0.410 e. The number of amides is 1. The lowest BCUT2D eigenvalue weighted by atomic mass is 10.0. The molecule has 130 valence electrons. The minimum Gasteiger partial charge on any atom is -0.444 e. The van der Waals surface area contributed by atoms with Crippen LogP contribution in [0.2, 0.25) is 0 Å². The molecule has 0 unspecified atom stereocenters. The van der Waals surface area contributed by atoms with Crippen molar-refractivity contribution in [3.05, 3.63) is 26.8 Å². The molecule has 1 aromatic carbocycles. The summed E-state index contributed by atoms with van der Waals surface area (Å²) in [5.74, 6) is 2.73. The molecule has 5 heteroatoms. The summed E-state index contributed by atoms with van der Waals surface area (Å²) in [5, 5.41) is 0. The summed E-state index contributed by atoms with van der Waals surface area (Å²) < 4.78 is 6.65. The van der Waals surface area contributed by atoms with Gasteiger partial charge in [0.05, 0.1) is 0 Å². The molecule has 0 N–H and O–H groups in total. The Morgan fingerprint density at radius 1 is 1.29 bits per heavy atom. The highest BCUT2D eigenvalue weighted by molar-refractivity contribution is 14.1. The van der Waals surface area contributed by atoms with Gasteiger partial charge in [0, 0.05) is 41.9 Å². The van der Waals surface area contributed by atoms with E-state index in [9.17, 15) is 4.79 Å². The predicted octanol–water partition coefficient (Wildman–Crippen LogP) is 3.83. The maximum absolute atomic E-state index is 12.2. The molecule has 24 heavy (non-hydrogen) atoms. The van der Waals surface area contributed by atoms with E-state index in [2.05, 4.69) is 52.5 Å². The minimum atomic E-state index is -0.454. The van der Waals surface area contributed by atoms with Gasteiger partial charge in [0.2, 0.25) is 0 Å². The molecule has 1 aliphatic rings. The van der Waals surface area contributed by atoms with E-state index < -0.39 is 5.60 Å². The standard InChI is InChI=1S/C19H25IN2O2/c1-6-7-15-12-16(20)13-17(14(15)2)21-8-10-22(11-9-21)18(23)24-19(3,4)5/h1,12-13H,7-11H2,2-5H3. The Hall–Kier alpha value is -1.42. The molecular weight excluding hydrogens is 415 g/mol. The molecule has 0 aliphatic carbocycles. The third-order valence-corrected chi connectivity index (χ3v) is 4.64. The van der Waals surface area contributed by atoms with E-state index in [1.807, 2.05) is 20.8 Å². The van der Waals surface area contributed by atoms with Gasteiger partial charge in [0.15, 0.2) is 0 Å². The molecule has 4 nitrogen and oxygen atoms in total. The van der Waals surface area contributed by atoms with E-state index in [1.165, 1.54) is 20.4 Å². The summed E-state index contributed by atoms with van der Waals surface area (Å²) in [6.45, 7) is 10.7. The van der Waals surface area contributed by atoms with Gasteiger partial charge in [0.25, 0.3) is 0 Å². The number of hydrogen-bond acceptors (Lipinski definition) is 3. The van der Waals surface area contributed by atoms with E-state index in [-0.39, 0.29) is 6.09 Å². The van der Waals surface area contributed by atoms with Crippen LogP contribution in [0.25, 0.3) is 0 Å². The second-order valence-corrected chi connectivity index (χ2v) is 8.29. The fourth-order valence-electron chi connectivity index (χ4n) is 2.80. The van der Waals surface area contributed by atoms with Crippen LogP contribution in [-0.4, -0.2) is 42.8 Å². The quantitative estimate of drug-likeness (QED) is 0.518. The number of ether oxygens (including phenoxy) is 1. The van der Waals surface area contributed by atoms with Crippen molar-refractivity contribution in [2.24, 2.45) is 0 Å². The summed E-state index contributed by atoms with van der Waals surface area (Å²) >= 11 is 2.33. The maximum atomic E-state index is 12.2. The largest absolute Gasteiger partial charge is 0.444 e. The normalized spacial score (nSPS) is 15.2. The number of nitrogens with zero attached hydrogens (tertiary/aromatic N) is 2. The number of benzene rings is 1. The second kappa shape index (κ2) is 7.64. The molecule has 0 spiro atoms. The van der Waals surface area contributed by atoms with E-state index in [0.29, 0.717) is 19.5 Å². The Labute approximate surface area is 158 Å². The van der Waals surface area contributed by atoms with Crippen molar-refractivity contribution in [1.82, 2.24) is 4.90 Å². The van der Waals surface area contributed by atoms with Gasteiger partial charge in [-0.2, -0.15) is 0 Å². The van der Waals surface area contributed by atoms with Gasteiger partial charge in [-0.15, -0.1) is 12.3 Å². The highest BCUT2D eigenvalue weighted by Crippen LogP contribution is 2.28. The first-order valence-corrected chi connectivity index (χ1v) is 9.24. The van der Waals surface area contributed by atoms with E-state index in [1.54, 1.807) is 4.90 Å². The van der Waals surface area contributed by atoms with Crippen molar-refractivity contribution in [1.29, 1.82) is 0 Å². The molecule has 1 saturated heterocycles. The average molecular weight is 440 g/mol. The number of halogens is 1. The number of hydrogen-bond donors (Lipinski definition) is 0. The van der Waals surface area contributed by atoms with Crippen LogP contribution >= 0.6 is 22.6 Å². The molecule has 1 heterocycles. The molecule has 0 aromatic heterocycles. The SMILES string of the molecule is C#CCc1cc(I)cc(N2CCN(C(=O)OC(C)(C)C)CC2)c1C. The molecule has 0 bridgehead atoms. The fourth-order valence-corrected chi connectivity index (χ4v) is 3.47. The highest BCUT2D eigenvalue weighted by atomic mass is 127. The summed E-state index contributed by atoms with van der Waals surface area (Å²) in [6.07, 6.45) is 5.90. The Morgan fingerprint density at radius 3 is 2.46 bits per heavy atom. The minimum absolute atomic E-state index is 0.227. The first-order chi connectivity index (χ1) is 11.2. The molecule has 1 amide bonds. The van der Waals surface area contributed by atoms with Crippen molar-refractivity contribution >= 4 is 34.4 Å². The summed E-state index contributed by atoms with van der Waals surface area (Å²) in [6, 6.07) is 4.34. The number of terminal acetylenes is 1. The van der Waals surface area contributed by atoms with Gasteiger partial charge >= 0.3 is 6.09 Å². The van der Waals surface area contributed by atoms with Gasteiger partial charge < -0.3 is 14.5 Å². The Morgan fingerprint density at radius 2 is 1.92 bits per heavy atom. The number of anilines is 1. The average Bonchev–Trinajstić information content (AvgIpc) is 2.49. The zero-order valence-corrected chi connectivity index (χ0v) is 17.0. The Kier molecular flexibility index (Phi) is 6.02. The lowest BCUT2D eigenvalue weighted by molar-refractivity contribution is 0.0240. The number of carbonyl (C=O) groups is 1. The zero-order valence-electron chi connectivity index (χ0n) is 14.9. The van der Waals surface area contributed by atoms with Crippen LogP contribution in [0.3, 0.4) is 0 Å². The second-order valence-electron chi connectivity index (χ2n) is 7.04. The van der Waals surface area contributed by atoms with Gasteiger partial charge in [0.1, 0.15) is 5.60 Å². The van der Waals surface area contributed by atoms with Gasteiger partial charge in [-0.1, -0.05) is 0 Å². The zero-order chi connectivity index (χ0) is 17.9.